The molecule has 1 aromatic heterocycles. The van der Waals surface area contributed by atoms with Crippen molar-refractivity contribution < 1.29 is 4.79 Å². The summed E-state index contributed by atoms with van der Waals surface area (Å²) in [5, 5.41) is 3.40. The topological polar surface area (TPSA) is 71.2 Å². The van der Waals surface area contributed by atoms with Gasteiger partial charge in [0.05, 0.1) is 5.56 Å². The lowest BCUT2D eigenvalue weighted by Gasteiger charge is -2.26. The second-order valence-electron chi connectivity index (χ2n) is 5.84. The average Bonchev–Trinajstić information content (AvgIpc) is 2.86. The van der Waals surface area contributed by atoms with Crippen LogP contribution in [0.5, 0.6) is 0 Å². The van der Waals surface area contributed by atoms with Crippen LogP contribution in [-0.4, -0.2) is 41.8 Å². The highest BCUT2D eigenvalue weighted by Gasteiger charge is 2.20. The van der Waals surface area contributed by atoms with Gasteiger partial charge in [-0.05, 0) is 53.9 Å². The van der Waals surface area contributed by atoms with Crippen molar-refractivity contribution in [2.75, 3.05) is 31.9 Å². The number of ketones is 1. The van der Waals surface area contributed by atoms with E-state index < -0.39 is 0 Å². The van der Waals surface area contributed by atoms with Crippen LogP contribution >= 0.6 is 15.9 Å². The standard InChI is InChI=1S/C17H21BrN4O/c18-13-10-15(17(19)21-11-13)16(23)12-3-1-4-14(9-12)22-7-2-5-20-6-8-22/h4,9-11,20H,1-3,5-8H2,(H2,19,21). The maximum Gasteiger partial charge on any atom is 0.192 e. The quantitative estimate of drug-likeness (QED) is 0.793. The Bertz CT molecular complexity index is 661. The zero-order valence-electron chi connectivity index (χ0n) is 13.0. The molecule has 1 aliphatic carbocycles. The number of Topliss-reactive ketones (excluding diaryl/α,β-unsaturated/α-hetero) is 1. The Hall–Kier alpha value is -1.66. The predicted octanol–water partition coefficient (Wildman–Crippen LogP) is 2.51. The number of nitrogens with two attached hydrogens (primary N) is 1. The van der Waals surface area contributed by atoms with E-state index in [1.165, 1.54) is 0 Å². The van der Waals surface area contributed by atoms with Crippen molar-refractivity contribution in [3.05, 3.63) is 45.7 Å². The van der Waals surface area contributed by atoms with Gasteiger partial charge in [-0.15, -0.1) is 0 Å². The maximum absolute atomic E-state index is 12.8. The molecule has 0 aromatic carbocycles. The van der Waals surface area contributed by atoms with E-state index in [4.69, 9.17) is 5.73 Å². The Labute approximate surface area is 144 Å². The number of nitrogens with zero attached hydrogens (tertiary/aromatic N) is 2. The summed E-state index contributed by atoms with van der Waals surface area (Å²) >= 11 is 3.36. The first-order valence-electron chi connectivity index (χ1n) is 7.97. The lowest BCUT2D eigenvalue weighted by molar-refractivity contribution is 0.103. The van der Waals surface area contributed by atoms with E-state index in [2.05, 4.69) is 37.2 Å². The second kappa shape index (κ2) is 7.27. The molecule has 122 valence electrons. The number of rotatable bonds is 3. The number of allylic oxidation sites excluding steroid dienone is 3. The number of anilines is 1. The van der Waals surface area contributed by atoms with Crippen molar-refractivity contribution in [2.45, 2.75) is 19.3 Å². The van der Waals surface area contributed by atoms with Gasteiger partial charge in [0.25, 0.3) is 0 Å². The Kier molecular flexibility index (Phi) is 5.13. The van der Waals surface area contributed by atoms with E-state index in [0.717, 1.165) is 61.2 Å². The molecule has 0 unspecified atom stereocenters. The highest BCUT2D eigenvalue weighted by molar-refractivity contribution is 9.10. The number of hydrogen-bond acceptors (Lipinski definition) is 5. The molecule has 0 radical (unpaired) electrons. The molecule has 0 atom stereocenters. The van der Waals surface area contributed by atoms with Crippen molar-refractivity contribution in [3.8, 4) is 0 Å². The summed E-state index contributed by atoms with van der Waals surface area (Å²) in [7, 11) is 0. The van der Waals surface area contributed by atoms with Crippen LogP contribution in [0.25, 0.3) is 0 Å². The SMILES string of the molecule is Nc1ncc(Br)cc1C(=O)C1=CC(N2CCCNCC2)=CCC1. The minimum atomic E-state index is -0.0187. The number of carbonyl (C=O) groups is 1. The van der Waals surface area contributed by atoms with Crippen molar-refractivity contribution in [1.29, 1.82) is 0 Å². The van der Waals surface area contributed by atoms with Crippen LogP contribution < -0.4 is 11.1 Å². The van der Waals surface area contributed by atoms with Crippen molar-refractivity contribution in [1.82, 2.24) is 15.2 Å². The minimum Gasteiger partial charge on any atom is -0.383 e. The van der Waals surface area contributed by atoms with Gasteiger partial charge in [0, 0.05) is 41.6 Å². The van der Waals surface area contributed by atoms with Crippen LogP contribution in [0.3, 0.4) is 0 Å². The number of nitrogen functional groups attached to an aromatic ring is 1. The van der Waals surface area contributed by atoms with Gasteiger partial charge in [-0.3, -0.25) is 4.79 Å². The van der Waals surface area contributed by atoms with Crippen LogP contribution in [0, 0.1) is 0 Å². The number of hydrogen-bond donors (Lipinski definition) is 2. The molecule has 1 aromatic rings. The van der Waals surface area contributed by atoms with Crippen LogP contribution in [-0.2, 0) is 0 Å². The Morgan fingerprint density at radius 1 is 1.35 bits per heavy atom. The van der Waals surface area contributed by atoms with E-state index in [1.807, 2.05) is 6.08 Å². The lowest BCUT2D eigenvalue weighted by atomic mass is 9.95. The molecule has 1 aliphatic heterocycles. The lowest BCUT2D eigenvalue weighted by Crippen LogP contribution is -2.28. The molecular weight excluding hydrogens is 356 g/mol. The molecule has 0 bridgehead atoms. The first kappa shape index (κ1) is 16.2. The summed E-state index contributed by atoms with van der Waals surface area (Å²) in [5.74, 6) is 0.268. The summed E-state index contributed by atoms with van der Waals surface area (Å²) in [6.45, 7) is 4.04. The van der Waals surface area contributed by atoms with E-state index >= 15 is 0 Å². The van der Waals surface area contributed by atoms with Crippen molar-refractivity contribution in [2.24, 2.45) is 0 Å². The number of aromatic nitrogens is 1. The third kappa shape index (κ3) is 3.82. The molecule has 23 heavy (non-hydrogen) atoms. The van der Waals surface area contributed by atoms with Gasteiger partial charge >= 0.3 is 0 Å². The molecule has 1 saturated heterocycles. The van der Waals surface area contributed by atoms with Gasteiger partial charge in [-0.2, -0.15) is 0 Å². The number of carbonyl (C=O) groups excluding carboxylic acids is 1. The Balaban J connectivity index is 1.83. The summed E-state index contributed by atoms with van der Waals surface area (Å²) in [4.78, 5) is 19.2. The van der Waals surface area contributed by atoms with Crippen LogP contribution in [0.2, 0.25) is 0 Å². The highest BCUT2D eigenvalue weighted by atomic mass is 79.9. The number of pyridine rings is 1. The first-order chi connectivity index (χ1) is 11.1. The molecule has 3 N–H and O–H groups in total. The van der Waals surface area contributed by atoms with E-state index in [9.17, 15) is 4.79 Å². The largest absolute Gasteiger partial charge is 0.383 e. The third-order valence-corrected chi connectivity index (χ3v) is 4.65. The first-order valence-corrected chi connectivity index (χ1v) is 8.76. The summed E-state index contributed by atoms with van der Waals surface area (Å²) in [6, 6.07) is 1.75. The molecule has 2 aliphatic rings. The fourth-order valence-corrected chi connectivity index (χ4v) is 3.32. The highest BCUT2D eigenvalue weighted by Crippen LogP contribution is 2.26. The van der Waals surface area contributed by atoms with Gasteiger partial charge in [0.2, 0.25) is 0 Å². The Morgan fingerprint density at radius 2 is 2.22 bits per heavy atom. The molecule has 0 saturated carbocycles. The summed E-state index contributed by atoms with van der Waals surface area (Å²) in [5.41, 5.74) is 8.33. The molecule has 3 rings (SSSR count). The smallest absolute Gasteiger partial charge is 0.192 e. The monoisotopic (exact) mass is 376 g/mol. The summed E-state index contributed by atoms with van der Waals surface area (Å²) in [6.07, 6.45) is 8.62. The van der Waals surface area contributed by atoms with Crippen LogP contribution in [0.4, 0.5) is 5.82 Å². The zero-order chi connectivity index (χ0) is 16.2. The molecule has 2 heterocycles. The van der Waals surface area contributed by atoms with E-state index in [-0.39, 0.29) is 11.6 Å². The molecule has 0 spiro atoms. The van der Waals surface area contributed by atoms with Crippen molar-refractivity contribution >= 4 is 27.5 Å². The number of nitrogens with one attached hydrogen (secondary N) is 1. The molecular formula is C17H21BrN4O. The second-order valence-corrected chi connectivity index (χ2v) is 6.76. The minimum absolute atomic E-state index is 0.0187. The van der Waals surface area contributed by atoms with Gasteiger partial charge in [-0.1, -0.05) is 6.08 Å². The predicted molar refractivity (Wildman–Crippen MR) is 95.1 cm³/mol. The van der Waals surface area contributed by atoms with Gasteiger partial charge in [0.15, 0.2) is 5.78 Å². The molecule has 6 heteroatoms. The van der Waals surface area contributed by atoms with Crippen LogP contribution in [0.1, 0.15) is 29.6 Å². The fourth-order valence-electron chi connectivity index (χ4n) is 2.99. The van der Waals surface area contributed by atoms with Gasteiger partial charge in [-0.25, -0.2) is 4.98 Å². The number of halogens is 1. The normalized spacial score (nSPS) is 18.9. The van der Waals surface area contributed by atoms with Crippen molar-refractivity contribution in [3.63, 3.8) is 0 Å². The van der Waals surface area contributed by atoms with E-state index in [1.54, 1.807) is 12.3 Å². The third-order valence-electron chi connectivity index (χ3n) is 4.22. The van der Waals surface area contributed by atoms with Gasteiger partial charge < -0.3 is 16.0 Å². The molecule has 1 fully saturated rings. The zero-order valence-corrected chi connectivity index (χ0v) is 14.6. The van der Waals surface area contributed by atoms with Gasteiger partial charge in [0.1, 0.15) is 5.82 Å². The average molecular weight is 377 g/mol. The fraction of sp³-hybridized carbons (Fsp3) is 0.412. The Morgan fingerprint density at radius 3 is 3.09 bits per heavy atom. The molecule has 5 nitrogen and oxygen atoms in total. The molecule has 0 amide bonds. The summed E-state index contributed by atoms with van der Waals surface area (Å²) < 4.78 is 0.765. The van der Waals surface area contributed by atoms with Crippen LogP contribution in [0.15, 0.2) is 40.2 Å². The maximum atomic E-state index is 12.8. The van der Waals surface area contributed by atoms with E-state index in [0.29, 0.717) is 5.56 Å².